The van der Waals surface area contributed by atoms with E-state index in [0.29, 0.717) is 19.6 Å². The first kappa shape index (κ1) is 27.9. The summed E-state index contributed by atoms with van der Waals surface area (Å²) in [6, 6.07) is 16.2. The molecule has 0 aliphatic carbocycles. The Balaban J connectivity index is 1.34. The van der Waals surface area contributed by atoms with Crippen LogP contribution in [0, 0.1) is 0 Å². The van der Waals surface area contributed by atoms with Crippen LogP contribution in [0.1, 0.15) is 37.8 Å². The Morgan fingerprint density at radius 2 is 1.93 bits per heavy atom. The van der Waals surface area contributed by atoms with Gasteiger partial charge >= 0.3 is 6.09 Å². The summed E-state index contributed by atoms with van der Waals surface area (Å²) in [5.74, 6) is 0. The van der Waals surface area contributed by atoms with E-state index < -0.39 is 5.60 Å². The van der Waals surface area contributed by atoms with E-state index >= 15 is 0 Å². The van der Waals surface area contributed by atoms with Gasteiger partial charge in [0.05, 0.1) is 17.6 Å². The summed E-state index contributed by atoms with van der Waals surface area (Å²) in [6.45, 7) is 10.0. The van der Waals surface area contributed by atoms with Crippen LogP contribution in [0.2, 0.25) is 0 Å². The smallest absolute Gasteiger partial charge is 0.410 e. The molecule has 1 fully saturated rings. The zero-order valence-electron chi connectivity index (χ0n) is 23.6. The lowest BCUT2D eigenvalue weighted by atomic mass is 10.1. The third-order valence-electron chi connectivity index (χ3n) is 6.89. The van der Waals surface area contributed by atoms with Crippen LogP contribution < -0.4 is 10.9 Å². The standard InChI is InChI=1S/C31H37N5O3S/c1-31(2,3)39-30(38)36-14-8-13-35(15-16-36)20-25-18-26-28(40-25)27(21-34(4)29(26)37)22-9-7-11-23(17-22)33-19-24-10-5-6-12-32-24/h5-7,9-12,17-18,21,33H,8,13-16,19-20H2,1-4H3. The largest absolute Gasteiger partial charge is 0.444 e. The predicted molar refractivity (Wildman–Crippen MR) is 162 cm³/mol. The number of nitrogens with zero attached hydrogens (tertiary/aromatic N) is 4. The average molecular weight is 560 g/mol. The molecule has 40 heavy (non-hydrogen) atoms. The highest BCUT2D eigenvalue weighted by molar-refractivity contribution is 7.19. The van der Waals surface area contributed by atoms with E-state index in [2.05, 4.69) is 27.3 Å². The summed E-state index contributed by atoms with van der Waals surface area (Å²) >= 11 is 1.68. The number of nitrogens with one attached hydrogen (secondary N) is 1. The maximum atomic E-state index is 13.1. The number of carbonyl (C=O) groups is 1. The molecule has 8 nitrogen and oxygen atoms in total. The Kier molecular flexibility index (Phi) is 8.23. The predicted octanol–water partition coefficient (Wildman–Crippen LogP) is 5.72. The molecule has 1 aliphatic rings. The number of aromatic nitrogens is 2. The fourth-order valence-electron chi connectivity index (χ4n) is 4.94. The van der Waals surface area contributed by atoms with Gasteiger partial charge in [-0.3, -0.25) is 14.7 Å². The molecule has 1 amide bonds. The molecule has 1 N–H and O–H groups in total. The first-order valence-corrected chi connectivity index (χ1v) is 14.5. The Morgan fingerprint density at radius 3 is 2.70 bits per heavy atom. The summed E-state index contributed by atoms with van der Waals surface area (Å²) in [4.78, 5) is 35.4. The fraction of sp³-hybridized carbons (Fsp3) is 0.387. The second-order valence-corrected chi connectivity index (χ2v) is 12.4. The Bertz CT molecular complexity index is 1540. The minimum Gasteiger partial charge on any atom is -0.444 e. The maximum Gasteiger partial charge on any atom is 0.410 e. The number of fused-ring (bicyclic) bond motifs is 1. The van der Waals surface area contributed by atoms with E-state index in [9.17, 15) is 9.59 Å². The quantitative estimate of drug-likeness (QED) is 0.326. The molecule has 4 aromatic rings. The van der Waals surface area contributed by atoms with Crippen molar-refractivity contribution < 1.29 is 9.53 Å². The summed E-state index contributed by atoms with van der Waals surface area (Å²) < 4.78 is 8.26. The molecule has 5 rings (SSSR count). The van der Waals surface area contributed by atoms with E-state index in [0.717, 1.165) is 63.5 Å². The molecule has 1 aromatic carbocycles. The number of hydrogen-bond donors (Lipinski definition) is 1. The number of thiophene rings is 1. The maximum absolute atomic E-state index is 13.1. The van der Waals surface area contributed by atoms with Gasteiger partial charge < -0.3 is 19.5 Å². The van der Waals surface area contributed by atoms with E-state index in [1.807, 2.05) is 70.4 Å². The van der Waals surface area contributed by atoms with E-state index in [-0.39, 0.29) is 11.7 Å². The van der Waals surface area contributed by atoms with E-state index in [4.69, 9.17) is 4.74 Å². The zero-order chi connectivity index (χ0) is 28.3. The van der Waals surface area contributed by atoms with Gasteiger partial charge in [0.2, 0.25) is 0 Å². The summed E-state index contributed by atoms with van der Waals surface area (Å²) in [7, 11) is 1.81. The van der Waals surface area contributed by atoms with Crippen LogP contribution in [0.25, 0.3) is 21.2 Å². The number of ether oxygens (including phenoxy) is 1. The van der Waals surface area contributed by atoms with E-state index in [1.54, 1.807) is 27.0 Å². The van der Waals surface area contributed by atoms with Gasteiger partial charge in [-0.15, -0.1) is 11.3 Å². The molecular formula is C31H37N5O3S. The third kappa shape index (κ3) is 6.71. The molecule has 4 heterocycles. The molecule has 3 aromatic heterocycles. The van der Waals surface area contributed by atoms with Crippen molar-refractivity contribution >= 4 is 33.2 Å². The molecule has 1 aliphatic heterocycles. The Morgan fingerprint density at radius 1 is 1.07 bits per heavy atom. The lowest BCUT2D eigenvalue weighted by molar-refractivity contribution is 0.0257. The van der Waals surface area contributed by atoms with Gasteiger partial charge in [-0.1, -0.05) is 18.2 Å². The molecule has 0 atom stereocenters. The third-order valence-corrected chi connectivity index (χ3v) is 8.05. The number of anilines is 1. The normalized spacial score (nSPS) is 14.8. The molecule has 0 spiro atoms. The van der Waals surface area contributed by atoms with Crippen molar-refractivity contribution in [2.75, 3.05) is 31.5 Å². The molecule has 9 heteroatoms. The zero-order valence-corrected chi connectivity index (χ0v) is 24.5. The lowest BCUT2D eigenvalue weighted by Gasteiger charge is -2.26. The van der Waals surface area contributed by atoms with Gasteiger partial charge in [-0.05, 0) is 63.1 Å². The van der Waals surface area contributed by atoms with Crippen LogP contribution in [-0.4, -0.2) is 57.2 Å². The van der Waals surface area contributed by atoms with E-state index in [1.165, 1.54) is 0 Å². The number of pyridine rings is 2. The van der Waals surface area contributed by atoms with Gasteiger partial charge in [0.15, 0.2) is 0 Å². The highest BCUT2D eigenvalue weighted by Crippen LogP contribution is 2.35. The van der Waals surface area contributed by atoms with Gasteiger partial charge in [0, 0.05) is 73.0 Å². The van der Waals surface area contributed by atoms with Gasteiger partial charge in [-0.25, -0.2) is 4.79 Å². The second kappa shape index (κ2) is 11.8. The molecule has 1 saturated heterocycles. The average Bonchev–Trinajstić information content (AvgIpc) is 3.20. The molecule has 210 valence electrons. The highest BCUT2D eigenvalue weighted by Gasteiger charge is 2.25. The second-order valence-electron chi connectivity index (χ2n) is 11.3. The van der Waals surface area contributed by atoms with Crippen molar-refractivity contribution in [3.63, 3.8) is 0 Å². The molecule has 0 unspecified atom stereocenters. The van der Waals surface area contributed by atoms with Crippen LogP contribution in [0.3, 0.4) is 0 Å². The number of aryl methyl sites for hydroxylation is 1. The van der Waals surface area contributed by atoms with Gasteiger partial charge in [0.25, 0.3) is 5.56 Å². The first-order valence-electron chi connectivity index (χ1n) is 13.7. The number of amides is 1. The SMILES string of the molecule is Cn1cc(-c2cccc(NCc3ccccn3)c2)c2sc(CN3CCCN(C(=O)OC(C)(C)C)CC3)cc2c1=O. The number of hydrogen-bond acceptors (Lipinski definition) is 7. The van der Waals surface area contributed by atoms with Crippen LogP contribution in [0.4, 0.5) is 10.5 Å². The lowest BCUT2D eigenvalue weighted by Crippen LogP contribution is -2.39. The molecule has 0 saturated carbocycles. The highest BCUT2D eigenvalue weighted by atomic mass is 32.1. The van der Waals surface area contributed by atoms with Crippen LogP contribution >= 0.6 is 11.3 Å². The Hall–Kier alpha value is -3.69. The Labute approximate surface area is 239 Å². The topological polar surface area (TPSA) is 79.7 Å². The number of benzene rings is 1. The molecular weight excluding hydrogens is 522 g/mol. The van der Waals surface area contributed by atoms with Crippen molar-refractivity contribution in [2.24, 2.45) is 7.05 Å². The first-order chi connectivity index (χ1) is 19.2. The fourth-order valence-corrected chi connectivity index (χ4v) is 6.16. The minimum absolute atomic E-state index is 0.0117. The number of carbonyl (C=O) groups excluding carboxylic acids is 1. The van der Waals surface area contributed by atoms with Gasteiger partial charge in [-0.2, -0.15) is 0 Å². The van der Waals surface area contributed by atoms with Crippen LogP contribution in [0.15, 0.2) is 65.7 Å². The summed E-state index contributed by atoms with van der Waals surface area (Å²) in [6.07, 6.45) is 4.37. The molecule has 0 bridgehead atoms. The van der Waals surface area contributed by atoms with Crippen molar-refractivity contribution in [3.8, 4) is 11.1 Å². The number of rotatable bonds is 6. The summed E-state index contributed by atoms with van der Waals surface area (Å²) in [5.41, 5.74) is 3.59. The van der Waals surface area contributed by atoms with Crippen molar-refractivity contribution in [2.45, 2.75) is 45.9 Å². The monoisotopic (exact) mass is 559 g/mol. The van der Waals surface area contributed by atoms with Crippen molar-refractivity contribution in [3.05, 3.63) is 81.8 Å². The summed E-state index contributed by atoms with van der Waals surface area (Å²) in [5, 5.41) is 4.21. The van der Waals surface area contributed by atoms with Crippen molar-refractivity contribution in [1.29, 1.82) is 0 Å². The van der Waals surface area contributed by atoms with Gasteiger partial charge in [0.1, 0.15) is 5.60 Å². The van der Waals surface area contributed by atoms with Crippen LogP contribution in [0.5, 0.6) is 0 Å². The van der Waals surface area contributed by atoms with Crippen molar-refractivity contribution in [1.82, 2.24) is 19.4 Å². The molecule has 0 radical (unpaired) electrons. The minimum atomic E-state index is -0.501. The van der Waals surface area contributed by atoms with Crippen LogP contribution in [-0.2, 0) is 24.9 Å².